The first-order valence-electron chi connectivity index (χ1n) is 6.95. The largest absolute Gasteiger partial charge is 0.387 e. The minimum atomic E-state index is -0.811. The third kappa shape index (κ3) is 3.80. The summed E-state index contributed by atoms with van der Waals surface area (Å²) >= 11 is 0. The molecule has 0 spiro atoms. The summed E-state index contributed by atoms with van der Waals surface area (Å²) in [5.41, 5.74) is -0.0371. The van der Waals surface area contributed by atoms with Crippen molar-refractivity contribution in [3.63, 3.8) is 0 Å². The van der Waals surface area contributed by atoms with Crippen LogP contribution in [0.1, 0.15) is 24.3 Å². The number of likely N-dealkylation sites (tertiary alicyclic amines) is 1. The molecule has 112 valence electrons. The topological polar surface area (TPSA) is 69.8 Å². The summed E-state index contributed by atoms with van der Waals surface area (Å²) in [6.45, 7) is 3.48. The summed E-state index contributed by atoms with van der Waals surface area (Å²) in [6, 6.07) is 1.77. The Morgan fingerprint density at radius 1 is 1.60 bits per heavy atom. The average molecular weight is 281 g/mol. The molecule has 20 heavy (non-hydrogen) atoms. The third-order valence-electron chi connectivity index (χ3n) is 3.52. The predicted octanol–water partition coefficient (Wildman–Crippen LogP) is 0.441. The van der Waals surface area contributed by atoms with Crippen LogP contribution in [0.5, 0.6) is 0 Å². The Morgan fingerprint density at radius 3 is 2.95 bits per heavy atom. The molecule has 1 unspecified atom stereocenters. The monoisotopic (exact) mass is 281 g/mol. The highest BCUT2D eigenvalue weighted by atomic mass is 16.5. The molecule has 6 nitrogen and oxygen atoms in total. The smallest absolute Gasteiger partial charge is 0.230 e. The second kappa shape index (κ2) is 5.93. The molecule has 6 heteroatoms. The highest BCUT2D eigenvalue weighted by Crippen LogP contribution is 2.22. The number of carbonyl (C=O) groups excluding carboxylic acids is 1. The molecule has 1 amide bonds. The van der Waals surface area contributed by atoms with E-state index in [1.165, 1.54) is 0 Å². The van der Waals surface area contributed by atoms with Crippen molar-refractivity contribution in [3.05, 3.63) is 17.5 Å². The Kier molecular flexibility index (Phi) is 4.45. The fourth-order valence-electron chi connectivity index (χ4n) is 2.80. The normalized spacial score (nSPS) is 23.4. The second-order valence-electron chi connectivity index (χ2n) is 5.99. The maximum absolute atomic E-state index is 12.3. The lowest BCUT2D eigenvalue weighted by atomic mass is 9.92. The van der Waals surface area contributed by atoms with Crippen LogP contribution < -0.4 is 0 Å². The SMILES string of the molecule is Cc1cc(CC(=O)N2CCCC(O)(CN(C)C)C2)on1. The van der Waals surface area contributed by atoms with Gasteiger partial charge < -0.3 is 19.4 Å². The van der Waals surface area contributed by atoms with E-state index in [-0.39, 0.29) is 12.3 Å². The summed E-state index contributed by atoms with van der Waals surface area (Å²) in [7, 11) is 3.85. The summed E-state index contributed by atoms with van der Waals surface area (Å²) in [6.07, 6.45) is 1.76. The number of carbonyl (C=O) groups is 1. The number of rotatable bonds is 4. The molecule has 1 aliphatic heterocycles. The number of piperidine rings is 1. The van der Waals surface area contributed by atoms with E-state index in [0.29, 0.717) is 25.4 Å². The number of likely N-dealkylation sites (N-methyl/N-ethyl adjacent to an activating group) is 1. The zero-order chi connectivity index (χ0) is 14.8. The van der Waals surface area contributed by atoms with Gasteiger partial charge in [-0.3, -0.25) is 4.79 Å². The fraction of sp³-hybridized carbons (Fsp3) is 0.714. The van der Waals surface area contributed by atoms with Gasteiger partial charge in [0.15, 0.2) is 0 Å². The molecule has 1 N–H and O–H groups in total. The van der Waals surface area contributed by atoms with Gasteiger partial charge in [-0.15, -0.1) is 0 Å². The van der Waals surface area contributed by atoms with E-state index in [9.17, 15) is 9.90 Å². The van der Waals surface area contributed by atoms with Crippen LogP contribution in [0.3, 0.4) is 0 Å². The van der Waals surface area contributed by atoms with Crippen LogP contribution in [0, 0.1) is 6.92 Å². The maximum atomic E-state index is 12.3. The lowest BCUT2D eigenvalue weighted by Crippen LogP contribution is -2.54. The van der Waals surface area contributed by atoms with Gasteiger partial charge in [0, 0.05) is 19.2 Å². The van der Waals surface area contributed by atoms with Crippen molar-refractivity contribution in [2.45, 2.75) is 31.8 Å². The molecule has 1 saturated heterocycles. The van der Waals surface area contributed by atoms with Crippen molar-refractivity contribution in [3.8, 4) is 0 Å². The van der Waals surface area contributed by atoms with Crippen LogP contribution in [-0.2, 0) is 11.2 Å². The number of β-amino-alcohol motifs (C(OH)–C–C–N with tert-alkyl or cyclic N) is 1. The van der Waals surface area contributed by atoms with Crippen LogP contribution in [0.4, 0.5) is 0 Å². The van der Waals surface area contributed by atoms with E-state index in [1.807, 2.05) is 25.9 Å². The summed E-state index contributed by atoms with van der Waals surface area (Å²) in [5, 5.41) is 14.3. The number of hydrogen-bond donors (Lipinski definition) is 1. The van der Waals surface area contributed by atoms with Gasteiger partial charge in [-0.1, -0.05) is 5.16 Å². The van der Waals surface area contributed by atoms with E-state index in [1.54, 1.807) is 11.0 Å². The molecule has 2 heterocycles. The fourth-order valence-corrected chi connectivity index (χ4v) is 2.80. The van der Waals surface area contributed by atoms with Gasteiger partial charge in [0.1, 0.15) is 5.76 Å². The minimum Gasteiger partial charge on any atom is -0.387 e. The van der Waals surface area contributed by atoms with Crippen LogP contribution in [0.2, 0.25) is 0 Å². The lowest BCUT2D eigenvalue weighted by molar-refractivity contribution is -0.138. The summed E-state index contributed by atoms with van der Waals surface area (Å²) in [4.78, 5) is 15.9. The van der Waals surface area contributed by atoms with E-state index >= 15 is 0 Å². The van der Waals surface area contributed by atoms with E-state index in [4.69, 9.17) is 4.52 Å². The van der Waals surface area contributed by atoms with Crippen LogP contribution in [0.15, 0.2) is 10.6 Å². The van der Waals surface area contributed by atoms with Gasteiger partial charge in [0.2, 0.25) is 5.91 Å². The van der Waals surface area contributed by atoms with Crippen molar-refractivity contribution in [2.24, 2.45) is 0 Å². The highest BCUT2D eigenvalue weighted by Gasteiger charge is 2.35. The lowest BCUT2D eigenvalue weighted by Gasteiger charge is -2.40. The molecule has 0 aliphatic carbocycles. The van der Waals surface area contributed by atoms with Gasteiger partial charge in [-0.25, -0.2) is 0 Å². The second-order valence-corrected chi connectivity index (χ2v) is 5.99. The van der Waals surface area contributed by atoms with Crippen molar-refractivity contribution in [2.75, 3.05) is 33.7 Å². The molecule has 0 saturated carbocycles. The Hall–Kier alpha value is -1.40. The van der Waals surface area contributed by atoms with E-state index < -0.39 is 5.60 Å². The van der Waals surface area contributed by atoms with Crippen molar-refractivity contribution >= 4 is 5.91 Å². The highest BCUT2D eigenvalue weighted by molar-refractivity contribution is 5.78. The molecule has 0 radical (unpaired) electrons. The number of hydrogen-bond acceptors (Lipinski definition) is 5. The number of aromatic nitrogens is 1. The maximum Gasteiger partial charge on any atom is 0.230 e. The Morgan fingerprint density at radius 2 is 2.35 bits per heavy atom. The first-order chi connectivity index (χ1) is 9.38. The van der Waals surface area contributed by atoms with Gasteiger partial charge in [0.25, 0.3) is 0 Å². The minimum absolute atomic E-state index is 0.0157. The quantitative estimate of drug-likeness (QED) is 0.867. The van der Waals surface area contributed by atoms with Gasteiger partial charge in [-0.05, 0) is 33.9 Å². The van der Waals surface area contributed by atoms with Crippen molar-refractivity contribution in [1.29, 1.82) is 0 Å². The van der Waals surface area contributed by atoms with Gasteiger partial charge in [0.05, 0.1) is 24.3 Å². The number of nitrogens with zero attached hydrogens (tertiary/aromatic N) is 3. The number of amides is 1. The van der Waals surface area contributed by atoms with Gasteiger partial charge in [-0.2, -0.15) is 0 Å². The Balaban J connectivity index is 1.96. The van der Waals surface area contributed by atoms with E-state index in [2.05, 4.69) is 5.16 Å². The average Bonchev–Trinajstić information content (AvgIpc) is 2.73. The third-order valence-corrected chi connectivity index (χ3v) is 3.52. The number of aryl methyl sites for hydroxylation is 1. The Labute approximate surface area is 119 Å². The predicted molar refractivity (Wildman–Crippen MR) is 74.3 cm³/mol. The molecule has 1 aromatic heterocycles. The first-order valence-corrected chi connectivity index (χ1v) is 6.95. The van der Waals surface area contributed by atoms with Crippen LogP contribution >= 0.6 is 0 Å². The molecule has 2 rings (SSSR count). The zero-order valence-electron chi connectivity index (χ0n) is 12.4. The zero-order valence-corrected chi connectivity index (χ0v) is 12.4. The molecule has 0 aromatic carbocycles. The summed E-state index contributed by atoms with van der Waals surface area (Å²) in [5.74, 6) is 0.562. The molecular weight excluding hydrogens is 258 g/mol. The van der Waals surface area contributed by atoms with Crippen LogP contribution in [0.25, 0.3) is 0 Å². The number of aliphatic hydroxyl groups is 1. The van der Waals surface area contributed by atoms with E-state index in [0.717, 1.165) is 18.5 Å². The first kappa shape index (κ1) is 15.0. The molecule has 1 fully saturated rings. The van der Waals surface area contributed by atoms with Crippen molar-refractivity contribution < 1.29 is 14.4 Å². The molecule has 1 aliphatic rings. The Bertz CT molecular complexity index is 472. The molecule has 1 aromatic rings. The molecule has 1 atom stereocenters. The van der Waals surface area contributed by atoms with Gasteiger partial charge >= 0.3 is 0 Å². The van der Waals surface area contributed by atoms with Crippen molar-refractivity contribution in [1.82, 2.24) is 15.0 Å². The van der Waals surface area contributed by atoms with Crippen LogP contribution in [-0.4, -0.2) is 65.3 Å². The summed E-state index contributed by atoms with van der Waals surface area (Å²) < 4.78 is 5.07. The molecular formula is C14H23N3O3. The standard InChI is InChI=1S/C14H23N3O3/c1-11-7-12(20-15-11)8-13(18)17-6-4-5-14(19,10-17)9-16(2)3/h7,19H,4-6,8-10H2,1-3H3. The molecule has 0 bridgehead atoms.